The molecule has 0 saturated carbocycles. The third-order valence-corrected chi connectivity index (χ3v) is 5.05. The van der Waals surface area contributed by atoms with Crippen molar-refractivity contribution >= 4 is 18.4 Å². The summed E-state index contributed by atoms with van der Waals surface area (Å²) in [5.74, 6) is -0.556. The number of halogens is 3. The van der Waals surface area contributed by atoms with Crippen molar-refractivity contribution in [3.63, 3.8) is 0 Å². The molecule has 1 aromatic carbocycles. The molecule has 1 aliphatic heterocycles. The third-order valence-electron chi connectivity index (χ3n) is 4.77. The Balaban J connectivity index is 1.88. The van der Waals surface area contributed by atoms with E-state index in [0.29, 0.717) is 6.54 Å². The molecular formula is C19H21F3N4O2S. The highest BCUT2D eigenvalue weighted by Crippen LogP contribution is 2.31. The number of aromatic hydroxyl groups is 1. The summed E-state index contributed by atoms with van der Waals surface area (Å²) in [7, 11) is 0. The fourth-order valence-corrected chi connectivity index (χ4v) is 3.54. The summed E-state index contributed by atoms with van der Waals surface area (Å²) in [6.45, 7) is 3.21. The van der Waals surface area contributed by atoms with E-state index >= 15 is 0 Å². The van der Waals surface area contributed by atoms with Crippen LogP contribution in [0.5, 0.6) is 5.88 Å². The van der Waals surface area contributed by atoms with E-state index in [1.807, 2.05) is 0 Å². The molecular weight excluding hydrogens is 405 g/mol. The van der Waals surface area contributed by atoms with Gasteiger partial charge in [0.2, 0.25) is 5.88 Å². The summed E-state index contributed by atoms with van der Waals surface area (Å²) < 4.78 is 39.8. The summed E-state index contributed by atoms with van der Waals surface area (Å²) in [6, 6.07) is 4.33. The highest BCUT2D eigenvalue weighted by molar-refractivity contribution is 7.71. The quantitative estimate of drug-likeness (QED) is 0.567. The minimum absolute atomic E-state index is 0.0125. The first-order chi connectivity index (χ1) is 13.8. The second kappa shape index (κ2) is 8.91. The van der Waals surface area contributed by atoms with E-state index in [0.717, 1.165) is 49.2 Å². The SMILES string of the molecule is O=c1[nH]c(=S)n(-c2cccc(C(F)(F)F)c2)c(O)c1C=NCCN1CCCCC1. The van der Waals surface area contributed by atoms with Crippen molar-refractivity contribution < 1.29 is 18.3 Å². The summed E-state index contributed by atoms with van der Waals surface area (Å²) in [5, 5.41) is 10.5. The minimum Gasteiger partial charge on any atom is -0.494 e. The molecule has 0 radical (unpaired) electrons. The van der Waals surface area contributed by atoms with E-state index in [2.05, 4.69) is 14.9 Å². The van der Waals surface area contributed by atoms with E-state index in [9.17, 15) is 23.1 Å². The van der Waals surface area contributed by atoms with Crippen LogP contribution in [-0.2, 0) is 6.18 Å². The van der Waals surface area contributed by atoms with E-state index in [-0.39, 0.29) is 16.0 Å². The minimum atomic E-state index is -4.55. The number of nitrogens with one attached hydrogen (secondary N) is 1. The largest absolute Gasteiger partial charge is 0.494 e. The Hall–Kier alpha value is -2.46. The number of piperidine rings is 1. The second-order valence-electron chi connectivity index (χ2n) is 6.82. The molecule has 2 N–H and O–H groups in total. The van der Waals surface area contributed by atoms with Crippen molar-refractivity contribution in [2.75, 3.05) is 26.2 Å². The van der Waals surface area contributed by atoms with E-state index in [1.54, 1.807) is 0 Å². The van der Waals surface area contributed by atoms with Gasteiger partial charge >= 0.3 is 6.18 Å². The van der Waals surface area contributed by atoms with Crippen LogP contribution in [0.3, 0.4) is 0 Å². The standard InChI is InChI=1S/C19H21F3N4O2S/c20-19(21,22)13-5-4-6-14(11-13)26-17(28)15(16(27)24-18(26)29)12-23-7-10-25-8-2-1-3-9-25/h4-6,11-12,28H,1-3,7-10H2,(H,24,27,29). The van der Waals surface area contributed by atoms with Crippen molar-refractivity contribution in [2.24, 2.45) is 4.99 Å². The zero-order valence-corrected chi connectivity index (χ0v) is 16.4. The number of likely N-dealkylation sites (tertiary alicyclic amines) is 1. The van der Waals surface area contributed by atoms with Crippen LogP contribution in [0.25, 0.3) is 5.69 Å². The zero-order chi connectivity index (χ0) is 21.0. The molecule has 156 valence electrons. The summed E-state index contributed by atoms with van der Waals surface area (Å²) >= 11 is 5.04. The van der Waals surface area contributed by atoms with Gasteiger partial charge in [-0.3, -0.25) is 19.3 Å². The molecule has 0 spiro atoms. The molecule has 2 heterocycles. The Morgan fingerprint density at radius 1 is 1.24 bits per heavy atom. The predicted molar refractivity (Wildman–Crippen MR) is 107 cm³/mol. The topological polar surface area (TPSA) is 73.6 Å². The number of aromatic nitrogens is 2. The van der Waals surface area contributed by atoms with Crippen molar-refractivity contribution in [1.29, 1.82) is 0 Å². The zero-order valence-electron chi connectivity index (χ0n) is 15.6. The Kier molecular flexibility index (Phi) is 6.53. The first-order valence-electron chi connectivity index (χ1n) is 9.25. The normalized spacial score (nSPS) is 15.8. The van der Waals surface area contributed by atoms with Crippen molar-refractivity contribution in [3.8, 4) is 11.6 Å². The molecule has 0 aliphatic carbocycles. The van der Waals surface area contributed by atoms with Crippen LogP contribution in [0.1, 0.15) is 30.4 Å². The molecule has 1 aliphatic rings. The van der Waals surface area contributed by atoms with E-state index in [4.69, 9.17) is 12.2 Å². The molecule has 0 unspecified atom stereocenters. The highest BCUT2D eigenvalue weighted by Gasteiger charge is 2.30. The Morgan fingerprint density at radius 2 is 1.97 bits per heavy atom. The number of aromatic amines is 1. The molecule has 3 rings (SSSR count). The lowest BCUT2D eigenvalue weighted by molar-refractivity contribution is -0.137. The van der Waals surface area contributed by atoms with Gasteiger partial charge in [-0.1, -0.05) is 12.5 Å². The van der Waals surface area contributed by atoms with Crippen molar-refractivity contribution in [1.82, 2.24) is 14.5 Å². The lowest BCUT2D eigenvalue weighted by Gasteiger charge is -2.25. The number of H-pyrrole nitrogens is 1. The van der Waals surface area contributed by atoms with Gasteiger partial charge in [0.05, 0.1) is 17.8 Å². The van der Waals surface area contributed by atoms with Crippen LogP contribution in [-0.4, -0.2) is 52.0 Å². The van der Waals surface area contributed by atoms with Crippen LogP contribution >= 0.6 is 12.2 Å². The average molecular weight is 426 g/mol. The molecule has 1 saturated heterocycles. The van der Waals surface area contributed by atoms with Gasteiger partial charge in [0.15, 0.2) is 4.77 Å². The van der Waals surface area contributed by atoms with E-state index < -0.39 is 23.2 Å². The molecule has 2 aromatic rings. The smallest absolute Gasteiger partial charge is 0.416 e. The van der Waals surface area contributed by atoms with Crippen LogP contribution in [0.15, 0.2) is 34.1 Å². The summed E-state index contributed by atoms with van der Waals surface area (Å²) in [6.07, 6.45) is 0.223. The first kappa shape index (κ1) is 21.3. The number of hydrogen-bond acceptors (Lipinski definition) is 5. The number of hydrogen-bond donors (Lipinski definition) is 2. The fraction of sp³-hybridized carbons (Fsp3) is 0.421. The fourth-order valence-electron chi connectivity index (χ4n) is 3.25. The van der Waals surface area contributed by atoms with Crippen LogP contribution < -0.4 is 5.56 Å². The van der Waals surface area contributed by atoms with Crippen molar-refractivity contribution in [2.45, 2.75) is 25.4 Å². The van der Waals surface area contributed by atoms with Gasteiger partial charge in [-0.25, -0.2) is 0 Å². The van der Waals surface area contributed by atoms with E-state index in [1.165, 1.54) is 24.8 Å². The third kappa shape index (κ3) is 5.13. The van der Waals surface area contributed by atoms with Gasteiger partial charge in [-0.05, 0) is 56.3 Å². The Bertz CT molecular complexity index is 1010. The van der Waals surface area contributed by atoms with Gasteiger partial charge in [0, 0.05) is 12.8 Å². The van der Waals surface area contributed by atoms with Gasteiger partial charge in [0.1, 0.15) is 5.56 Å². The number of benzene rings is 1. The van der Waals surface area contributed by atoms with Gasteiger partial charge in [0.25, 0.3) is 5.56 Å². The number of nitrogens with zero attached hydrogens (tertiary/aromatic N) is 3. The Morgan fingerprint density at radius 3 is 2.66 bits per heavy atom. The lowest BCUT2D eigenvalue weighted by atomic mass is 10.1. The maximum absolute atomic E-state index is 13.0. The highest BCUT2D eigenvalue weighted by atomic mass is 32.1. The van der Waals surface area contributed by atoms with Gasteiger partial charge < -0.3 is 10.0 Å². The lowest BCUT2D eigenvalue weighted by Crippen LogP contribution is -2.31. The predicted octanol–water partition coefficient (Wildman–Crippen LogP) is 3.52. The molecule has 0 atom stereocenters. The number of alkyl halides is 3. The molecule has 0 amide bonds. The Labute approximate surface area is 170 Å². The maximum Gasteiger partial charge on any atom is 0.416 e. The monoisotopic (exact) mass is 426 g/mol. The van der Waals surface area contributed by atoms with Crippen molar-refractivity contribution in [3.05, 3.63) is 50.5 Å². The molecule has 1 aromatic heterocycles. The first-order valence-corrected chi connectivity index (χ1v) is 9.66. The van der Waals surface area contributed by atoms with Crippen LogP contribution in [0.4, 0.5) is 13.2 Å². The molecule has 10 heteroatoms. The molecule has 1 fully saturated rings. The average Bonchev–Trinajstić information content (AvgIpc) is 2.67. The second-order valence-corrected chi connectivity index (χ2v) is 7.20. The number of aliphatic imine (C=N–C) groups is 1. The van der Waals surface area contributed by atoms with Gasteiger partial charge in [-0.15, -0.1) is 0 Å². The molecule has 0 bridgehead atoms. The molecule has 29 heavy (non-hydrogen) atoms. The maximum atomic E-state index is 13.0. The molecule has 6 nitrogen and oxygen atoms in total. The summed E-state index contributed by atoms with van der Waals surface area (Å²) in [4.78, 5) is 21.0. The van der Waals surface area contributed by atoms with Crippen LogP contribution in [0, 0.1) is 4.77 Å². The van der Waals surface area contributed by atoms with Gasteiger partial charge in [-0.2, -0.15) is 13.2 Å². The summed E-state index contributed by atoms with van der Waals surface area (Å²) in [5.41, 5.74) is -1.71. The number of rotatable bonds is 5. The van der Waals surface area contributed by atoms with Crippen LogP contribution in [0.2, 0.25) is 0 Å².